The van der Waals surface area contributed by atoms with Crippen molar-refractivity contribution in [2.45, 2.75) is 12.2 Å². The van der Waals surface area contributed by atoms with E-state index in [1.54, 1.807) is 19.2 Å². The van der Waals surface area contributed by atoms with Gasteiger partial charge in [0.2, 0.25) is 0 Å². The number of halogens is 1. The van der Waals surface area contributed by atoms with Crippen LogP contribution >= 0.6 is 11.6 Å². The zero-order valence-corrected chi connectivity index (χ0v) is 13.8. The average Bonchev–Trinajstić information content (AvgIpc) is 2.62. The third-order valence-corrected chi connectivity index (χ3v) is 4.13. The maximum absolute atomic E-state index is 6.29. The third kappa shape index (κ3) is 3.96. The molecule has 2 aromatic rings. The van der Waals surface area contributed by atoms with Gasteiger partial charge < -0.3 is 19.5 Å². The Hall–Kier alpha value is -1.75. The van der Waals surface area contributed by atoms with E-state index >= 15 is 0 Å². The summed E-state index contributed by atoms with van der Waals surface area (Å²) in [6, 6.07) is 15.4. The molecule has 1 fully saturated rings. The molecule has 0 radical (unpaired) electrons. The quantitative estimate of drug-likeness (QED) is 0.909. The maximum Gasteiger partial charge on any atom is 0.151 e. The second kappa shape index (κ2) is 7.68. The van der Waals surface area contributed by atoms with Gasteiger partial charge >= 0.3 is 0 Å². The van der Waals surface area contributed by atoms with Crippen LogP contribution in [-0.4, -0.2) is 32.9 Å². The Kier molecular flexibility index (Phi) is 5.39. The Morgan fingerprint density at radius 2 is 2.04 bits per heavy atom. The van der Waals surface area contributed by atoms with Gasteiger partial charge in [-0.15, -0.1) is 0 Å². The first-order valence-corrected chi connectivity index (χ1v) is 8.03. The highest BCUT2D eigenvalue weighted by Crippen LogP contribution is 2.34. The predicted octanol–water partition coefficient (Wildman–Crippen LogP) is 3.46. The van der Waals surface area contributed by atoms with Crippen LogP contribution in [-0.2, 0) is 4.74 Å². The number of ether oxygens (including phenoxy) is 3. The lowest BCUT2D eigenvalue weighted by atomic mass is 10.0. The summed E-state index contributed by atoms with van der Waals surface area (Å²) >= 11 is 6.29. The normalized spacial score (nSPS) is 19.1. The largest absolute Gasteiger partial charge is 0.497 e. The van der Waals surface area contributed by atoms with E-state index in [4.69, 9.17) is 25.8 Å². The number of benzene rings is 2. The van der Waals surface area contributed by atoms with Gasteiger partial charge in [-0.3, -0.25) is 0 Å². The van der Waals surface area contributed by atoms with Crippen molar-refractivity contribution in [3.63, 3.8) is 0 Å². The molecule has 0 saturated carbocycles. The van der Waals surface area contributed by atoms with Gasteiger partial charge in [-0.25, -0.2) is 0 Å². The fraction of sp³-hybridized carbons (Fsp3) is 0.333. The molecule has 5 heteroatoms. The summed E-state index contributed by atoms with van der Waals surface area (Å²) in [4.78, 5) is 0. The van der Waals surface area contributed by atoms with E-state index in [9.17, 15) is 0 Å². The van der Waals surface area contributed by atoms with Crippen molar-refractivity contribution >= 4 is 11.6 Å². The lowest BCUT2D eigenvalue weighted by Gasteiger charge is -2.32. The minimum Gasteiger partial charge on any atom is -0.497 e. The van der Waals surface area contributed by atoms with Crippen molar-refractivity contribution < 1.29 is 14.2 Å². The minimum atomic E-state index is -0.242. The van der Waals surface area contributed by atoms with Gasteiger partial charge in [-0.1, -0.05) is 41.9 Å². The van der Waals surface area contributed by atoms with Crippen molar-refractivity contribution in [2.75, 3.05) is 26.8 Å². The fourth-order valence-corrected chi connectivity index (χ4v) is 2.78. The molecule has 0 aliphatic carbocycles. The van der Waals surface area contributed by atoms with Gasteiger partial charge in [0.1, 0.15) is 17.6 Å². The van der Waals surface area contributed by atoms with Crippen molar-refractivity contribution in [3.8, 4) is 11.5 Å². The van der Waals surface area contributed by atoms with Crippen LogP contribution in [0.5, 0.6) is 11.5 Å². The molecule has 0 unspecified atom stereocenters. The van der Waals surface area contributed by atoms with E-state index in [0.29, 0.717) is 23.1 Å². The second-order valence-corrected chi connectivity index (χ2v) is 5.77. The van der Waals surface area contributed by atoms with Crippen molar-refractivity contribution in [1.82, 2.24) is 5.32 Å². The molecule has 4 nitrogen and oxygen atoms in total. The van der Waals surface area contributed by atoms with E-state index in [-0.39, 0.29) is 12.2 Å². The van der Waals surface area contributed by atoms with Crippen LogP contribution < -0.4 is 14.8 Å². The molecule has 0 aromatic heterocycles. The Labute approximate surface area is 141 Å². The summed E-state index contributed by atoms with van der Waals surface area (Å²) in [5.74, 6) is 1.30. The molecule has 3 rings (SSSR count). The fourth-order valence-electron chi connectivity index (χ4n) is 2.62. The highest BCUT2D eigenvalue weighted by Gasteiger charge is 2.28. The number of methoxy groups -OCH3 is 1. The minimum absolute atomic E-state index is 0.0755. The molecule has 0 bridgehead atoms. The molecule has 1 heterocycles. The summed E-state index contributed by atoms with van der Waals surface area (Å²) in [7, 11) is 1.62. The Morgan fingerprint density at radius 3 is 2.74 bits per heavy atom. The van der Waals surface area contributed by atoms with Gasteiger partial charge in [0.15, 0.2) is 6.10 Å². The molecule has 1 aliphatic heterocycles. The van der Waals surface area contributed by atoms with Crippen LogP contribution in [0.4, 0.5) is 0 Å². The number of hydrogen-bond acceptors (Lipinski definition) is 4. The molecule has 1 aliphatic rings. The maximum atomic E-state index is 6.29. The first kappa shape index (κ1) is 16.1. The first-order valence-electron chi connectivity index (χ1n) is 7.65. The second-order valence-electron chi connectivity index (χ2n) is 5.36. The Bertz CT molecular complexity index is 629. The van der Waals surface area contributed by atoms with Gasteiger partial charge in [0.05, 0.1) is 18.7 Å². The summed E-state index contributed by atoms with van der Waals surface area (Å²) < 4.78 is 17.4. The van der Waals surface area contributed by atoms with Crippen LogP contribution in [0.2, 0.25) is 5.02 Å². The van der Waals surface area contributed by atoms with E-state index < -0.39 is 0 Å². The monoisotopic (exact) mass is 333 g/mol. The molecular weight excluding hydrogens is 314 g/mol. The molecule has 1 saturated heterocycles. The standard InChI is InChI=1S/C18H20ClNO3/c1-21-14-7-8-15(19)16(11-14)23-18(13-5-3-2-4-6-13)17-12-20-9-10-22-17/h2-8,11,17-18,20H,9-10,12H2,1H3/t17-,18-/m0/s1. The summed E-state index contributed by atoms with van der Waals surface area (Å²) in [6.07, 6.45) is -0.318. The lowest BCUT2D eigenvalue weighted by molar-refractivity contribution is -0.0432. The van der Waals surface area contributed by atoms with Gasteiger partial charge in [-0.05, 0) is 17.7 Å². The number of hydrogen-bond donors (Lipinski definition) is 1. The first-order chi connectivity index (χ1) is 11.3. The zero-order chi connectivity index (χ0) is 16.1. The third-order valence-electron chi connectivity index (χ3n) is 3.81. The van der Waals surface area contributed by atoms with E-state index in [2.05, 4.69) is 5.32 Å². The van der Waals surface area contributed by atoms with E-state index in [1.807, 2.05) is 36.4 Å². The molecule has 122 valence electrons. The van der Waals surface area contributed by atoms with Crippen LogP contribution in [0.3, 0.4) is 0 Å². The average molecular weight is 334 g/mol. The molecule has 1 N–H and O–H groups in total. The molecule has 2 atom stereocenters. The highest BCUT2D eigenvalue weighted by atomic mass is 35.5. The van der Waals surface area contributed by atoms with Crippen molar-refractivity contribution in [2.24, 2.45) is 0 Å². The van der Waals surface area contributed by atoms with Crippen LogP contribution in [0.1, 0.15) is 11.7 Å². The summed E-state index contributed by atoms with van der Waals surface area (Å²) in [6.45, 7) is 2.27. The van der Waals surface area contributed by atoms with Crippen molar-refractivity contribution in [1.29, 1.82) is 0 Å². The van der Waals surface area contributed by atoms with Crippen LogP contribution in [0.25, 0.3) is 0 Å². The SMILES string of the molecule is COc1ccc(Cl)c(O[C@@H](c2ccccc2)[C@@H]2CNCCO2)c1. The van der Waals surface area contributed by atoms with Gasteiger partial charge in [-0.2, -0.15) is 0 Å². The molecular formula is C18H20ClNO3. The molecule has 23 heavy (non-hydrogen) atoms. The van der Waals surface area contributed by atoms with Gasteiger partial charge in [0.25, 0.3) is 0 Å². The Morgan fingerprint density at radius 1 is 1.22 bits per heavy atom. The number of nitrogens with one attached hydrogen (secondary N) is 1. The van der Waals surface area contributed by atoms with Crippen LogP contribution in [0, 0.1) is 0 Å². The number of rotatable bonds is 5. The zero-order valence-electron chi connectivity index (χ0n) is 13.0. The number of morpholine rings is 1. The predicted molar refractivity (Wildman–Crippen MR) is 90.4 cm³/mol. The Balaban J connectivity index is 1.89. The van der Waals surface area contributed by atoms with Crippen molar-refractivity contribution in [3.05, 3.63) is 59.1 Å². The molecule has 0 amide bonds. The lowest BCUT2D eigenvalue weighted by Crippen LogP contribution is -2.43. The van der Waals surface area contributed by atoms with Gasteiger partial charge in [0, 0.05) is 19.2 Å². The molecule has 2 aromatic carbocycles. The smallest absolute Gasteiger partial charge is 0.151 e. The van der Waals surface area contributed by atoms with Crippen LogP contribution in [0.15, 0.2) is 48.5 Å². The summed E-state index contributed by atoms with van der Waals surface area (Å²) in [5, 5.41) is 3.90. The summed E-state index contributed by atoms with van der Waals surface area (Å²) in [5.41, 5.74) is 1.06. The molecule has 0 spiro atoms. The highest BCUT2D eigenvalue weighted by molar-refractivity contribution is 6.32. The van der Waals surface area contributed by atoms with E-state index in [1.165, 1.54) is 0 Å². The van der Waals surface area contributed by atoms with E-state index in [0.717, 1.165) is 18.7 Å². The topological polar surface area (TPSA) is 39.7 Å².